The van der Waals surface area contributed by atoms with Crippen LogP contribution in [0.2, 0.25) is 10.0 Å². The summed E-state index contributed by atoms with van der Waals surface area (Å²) in [7, 11) is 1.93. The Balaban J connectivity index is 1.58. The predicted molar refractivity (Wildman–Crippen MR) is 99.7 cm³/mol. The largest absolute Gasteiger partial charge is 0.351 e. The van der Waals surface area contributed by atoms with Crippen LogP contribution in [0, 0.1) is 0 Å². The molecule has 3 rings (SSSR count). The summed E-state index contributed by atoms with van der Waals surface area (Å²) >= 11 is 13.2. The van der Waals surface area contributed by atoms with Crippen LogP contribution >= 0.6 is 35.0 Å². The van der Waals surface area contributed by atoms with Gasteiger partial charge in [0.15, 0.2) is 5.16 Å². The summed E-state index contributed by atoms with van der Waals surface area (Å²) in [5.41, 5.74) is 2.83. The molecule has 24 heavy (non-hydrogen) atoms. The maximum absolute atomic E-state index is 12.0. The highest BCUT2D eigenvalue weighted by Gasteiger charge is 2.11. The van der Waals surface area contributed by atoms with Crippen molar-refractivity contribution in [3.63, 3.8) is 0 Å². The van der Waals surface area contributed by atoms with Gasteiger partial charge in [0.1, 0.15) is 0 Å². The van der Waals surface area contributed by atoms with Crippen LogP contribution in [0.25, 0.3) is 11.0 Å². The highest BCUT2D eigenvalue weighted by Crippen LogP contribution is 2.24. The van der Waals surface area contributed by atoms with Crippen LogP contribution in [-0.4, -0.2) is 21.2 Å². The van der Waals surface area contributed by atoms with E-state index in [1.807, 2.05) is 54.1 Å². The highest BCUT2D eigenvalue weighted by molar-refractivity contribution is 7.99. The number of aryl methyl sites for hydroxylation is 1. The van der Waals surface area contributed by atoms with E-state index >= 15 is 0 Å². The van der Waals surface area contributed by atoms with Gasteiger partial charge in [-0.15, -0.1) is 0 Å². The smallest absolute Gasteiger partial charge is 0.230 e. The van der Waals surface area contributed by atoms with Gasteiger partial charge in [-0.05, 0) is 35.9 Å². The van der Waals surface area contributed by atoms with Crippen molar-refractivity contribution in [3.05, 3.63) is 58.1 Å². The van der Waals surface area contributed by atoms with Gasteiger partial charge in [-0.2, -0.15) is 0 Å². The quantitative estimate of drug-likeness (QED) is 0.672. The number of benzene rings is 2. The fraction of sp³-hybridized carbons (Fsp3) is 0.176. The molecule has 3 aromatic rings. The Morgan fingerprint density at radius 1 is 1.17 bits per heavy atom. The van der Waals surface area contributed by atoms with Crippen molar-refractivity contribution in [2.45, 2.75) is 11.7 Å². The van der Waals surface area contributed by atoms with Gasteiger partial charge in [-0.25, -0.2) is 4.98 Å². The number of fused-ring (bicyclic) bond motifs is 1. The molecule has 2 aromatic carbocycles. The number of thioether (sulfide) groups is 1. The lowest BCUT2D eigenvalue weighted by molar-refractivity contribution is -0.118. The van der Waals surface area contributed by atoms with Crippen LogP contribution in [-0.2, 0) is 18.4 Å². The maximum Gasteiger partial charge on any atom is 0.230 e. The van der Waals surface area contributed by atoms with Gasteiger partial charge >= 0.3 is 0 Å². The number of nitrogens with one attached hydrogen (secondary N) is 1. The summed E-state index contributed by atoms with van der Waals surface area (Å²) in [6, 6.07) is 13.0. The third-order valence-corrected chi connectivity index (χ3v) is 5.05. The molecule has 0 saturated heterocycles. The van der Waals surface area contributed by atoms with Crippen LogP contribution in [0.5, 0.6) is 0 Å². The Morgan fingerprint density at radius 3 is 2.62 bits per heavy atom. The van der Waals surface area contributed by atoms with Gasteiger partial charge in [0.25, 0.3) is 0 Å². The molecule has 1 aromatic heterocycles. The van der Waals surface area contributed by atoms with E-state index in [0.717, 1.165) is 21.8 Å². The summed E-state index contributed by atoms with van der Waals surface area (Å²) in [4.78, 5) is 16.5. The van der Waals surface area contributed by atoms with Gasteiger partial charge in [-0.3, -0.25) is 4.79 Å². The predicted octanol–water partition coefficient (Wildman–Crippen LogP) is 4.29. The number of amides is 1. The molecule has 1 heterocycles. The number of carbonyl (C=O) groups excluding carboxylic acids is 1. The second-order valence-corrected chi connectivity index (χ2v) is 7.09. The minimum absolute atomic E-state index is 0.0416. The van der Waals surface area contributed by atoms with Crippen molar-refractivity contribution < 1.29 is 4.79 Å². The van der Waals surface area contributed by atoms with E-state index in [2.05, 4.69) is 10.3 Å². The first-order chi connectivity index (χ1) is 11.5. The molecule has 7 heteroatoms. The van der Waals surface area contributed by atoms with E-state index in [-0.39, 0.29) is 5.91 Å². The van der Waals surface area contributed by atoms with Crippen LogP contribution in [0.3, 0.4) is 0 Å². The number of imidazole rings is 1. The lowest BCUT2D eigenvalue weighted by atomic mass is 10.2. The van der Waals surface area contributed by atoms with Gasteiger partial charge in [-0.1, -0.05) is 47.1 Å². The van der Waals surface area contributed by atoms with Crippen molar-refractivity contribution in [1.82, 2.24) is 14.9 Å². The molecule has 1 amide bonds. The molecular weight excluding hydrogens is 365 g/mol. The Bertz CT molecular complexity index is 877. The summed E-state index contributed by atoms with van der Waals surface area (Å²) in [5.74, 6) is 0.262. The maximum atomic E-state index is 12.0. The molecule has 0 aliphatic heterocycles. The standard InChI is InChI=1S/C17H15Cl2N3OS/c1-22-15-7-6-13(19)8-14(15)21-17(22)24-10-16(23)20-9-11-2-4-12(18)5-3-11/h2-8H,9-10H2,1H3,(H,20,23). The first-order valence-corrected chi connectivity index (χ1v) is 9.03. The van der Waals surface area contributed by atoms with E-state index in [4.69, 9.17) is 23.2 Å². The molecule has 4 nitrogen and oxygen atoms in total. The molecule has 0 atom stereocenters. The number of hydrogen-bond acceptors (Lipinski definition) is 3. The molecule has 0 unspecified atom stereocenters. The van der Waals surface area contributed by atoms with Crippen molar-refractivity contribution in [3.8, 4) is 0 Å². The van der Waals surface area contributed by atoms with E-state index in [1.54, 1.807) is 0 Å². The molecule has 124 valence electrons. The average molecular weight is 380 g/mol. The van der Waals surface area contributed by atoms with E-state index in [0.29, 0.717) is 22.3 Å². The topological polar surface area (TPSA) is 46.9 Å². The van der Waals surface area contributed by atoms with Crippen molar-refractivity contribution in [1.29, 1.82) is 0 Å². The Labute approximate surface area is 154 Å². The Kier molecular flexibility index (Phi) is 5.33. The first-order valence-electron chi connectivity index (χ1n) is 7.29. The number of halogens is 2. The minimum Gasteiger partial charge on any atom is -0.351 e. The molecule has 0 fully saturated rings. The molecule has 0 radical (unpaired) electrons. The number of aromatic nitrogens is 2. The molecule has 0 saturated carbocycles. The molecule has 0 spiro atoms. The third-order valence-electron chi connectivity index (χ3n) is 3.54. The molecule has 0 bridgehead atoms. The molecular formula is C17H15Cl2N3OS. The number of rotatable bonds is 5. The van der Waals surface area contributed by atoms with E-state index < -0.39 is 0 Å². The van der Waals surface area contributed by atoms with Gasteiger partial charge < -0.3 is 9.88 Å². The SMILES string of the molecule is Cn1c(SCC(=O)NCc2ccc(Cl)cc2)nc2cc(Cl)ccc21. The molecule has 0 aliphatic carbocycles. The summed E-state index contributed by atoms with van der Waals surface area (Å²) in [6.45, 7) is 0.481. The van der Waals surface area contributed by atoms with Crippen molar-refractivity contribution in [2.75, 3.05) is 5.75 Å². The zero-order valence-corrected chi connectivity index (χ0v) is 15.3. The minimum atomic E-state index is -0.0416. The van der Waals surface area contributed by atoms with Crippen LogP contribution < -0.4 is 5.32 Å². The summed E-state index contributed by atoms with van der Waals surface area (Å²) in [6.07, 6.45) is 0. The van der Waals surface area contributed by atoms with Crippen LogP contribution in [0.1, 0.15) is 5.56 Å². The van der Waals surface area contributed by atoms with Crippen molar-refractivity contribution >= 4 is 51.9 Å². The lowest BCUT2D eigenvalue weighted by Crippen LogP contribution is -2.24. The fourth-order valence-electron chi connectivity index (χ4n) is 2.26. The van der Waals surface area contributed by atoms with Gasteiger partial charge in [0, 0.05) is 23.6 Å². The van der Waals surface area contributed by atoms with E-state index in [9.17, 15) is 4.79 Å². The lowest BCUT2D eigenvalue weighted by Gasteiger charge is -2.05. The second kappa shape index (κ2) is 7.47. The molecule has 1 N–H and O–H groups in total. The highest BCUT2D eigenvalue weighted by atomic mass is 35.5. The third kappa shape index (κ3) is 4.04. The Morgan fingerprint density at radius 2 is 1.88 bits per heavy atom. The number of carbonyl (C=O) groups is 1. The normalized spacial score (nSPS) is 11.0. The summed E-state index contributed by atoms with van der Waals surface area (Å²) in [5, 5.41) is 5.01. The number of hydrogen-bond donors (Lipinski definition) is 1. The zero-order chi connectivity index (χ0) is 17.1. The van der Waals surface area contributed by atoms with Crippen LogP contribution in [0.15, 0.2) is 47.6 Å². The van der Waals surface area contributed by atoms with Crippen LogP contribution in [0.4, 0.5) is 0 Å². The summed E-state index contributed by atoms with van der Waals surface area (Å²) < 4.78 is 1.96. The van der Waals surface area contributed by atoms with Gasteiger partial charge in [0.2, 0.25) is 5.91 Å². The monoisotopic (exact) mass is 379 g/mol. The zero-order valence-electron chi connectivity index (χ0n) is 12.9. The Hall–Kier alpha value is -1.69. The molecule has 0 aliphatic rings. The number of nitrogens with zero attached hydrogens (tertiary/aromatic N) is 2. The van der Waals surface area contributed by atoms with Crippen molar-refractivity contribution in [2.24, 2.45) is 7.05 Å². The van der Waals surface area contributed by atoms with Gasteiger partial charge in [0.05, 0.1) is 16.8 Å². The second-order valence-electron chi connectivity index (χ2n) is 5.28. The average Bonchev–Trinajstić information content (AvgIpc) is 2.87. The first kappa shape index (κ1) is 17.1. The van der Waals surface area contributed by atoms with E-state index in [1.165, 1.54) is 11.8 Å². The fourth-order valence-corrected chi connectivity index (χ4v) is 3.37.